The first-order chi connectivity index (χ1) is 12.8. The number of esters is 1. The molecule has 0 saturated carbocycles. The van der Waals surface area contributed by atoms with Gasteiger partial charge in [0, 0.05) is 11.9 Å². The summed E-state index contributed by atoms with van der Waals surface area (Å²) >= 11 is 11.6. The van der Waals surface area contributed by atoms with Gasteiger partial charge >= 0.3 is 5.97 Å². The van der Waals surface area contributed by atoms with Crippen molar-refractivity contribution in [3.8, 4) is 0 Å². The third kappa shape index (κ3) is 7.15. The Balaban J connectivity index is 2.13. The van der Waals surface area contributed by atoms with Crippen molar-refractivity contribution in [2.75, 3.05) is 13.2 Å². The molecule has 0 fully saturated rings. The van der Waals surface area contributed by atoms with Gasteiger partial charge in [-0.25, -0.2) is 4.39 Å². The van der Waals surface area contributed by atoms with Gasteiger partial charge in [-0.1, -0.05) is 41.4 Å². The van der Waals surface area contributed by atoms with Crippen LogP contribution in [0.2, 0.25) is 5.02 Å². The Bertz CT molecular complexity index is 816. The fourth-order valence-electron chi connectivity index (χ4n) is 2.66. The number of benzene rings is 2. The van der Waals surface area contributed by atoms with E-state index >= 15 is 0 Å². The van der Waals surface area contributed by atoms with Gasteiger partial charge in [0.05, 0.1) is 12.6 Å². The zero-order chi connectivity index (χ0) is 19.8. The highest BCUT2D eigenvalue weighted by Crippen LogP contribution is 2.27. The summed E-state index contributed by atoms with van der Waals surface area (Å²) < 4.78 is 18.7. The van der Waals surface area contributed by atoms with Crippen LogP contribution < -0.4 is 10.6 Å². The Kier molecular flexibility index (Phi) is 8.00. The Labute approximate surface area is 169 Å². The average molecular weight is 409 g/mol. The fourth-order valence-corrected chi connectivity index (χ4v) is 3.16. The normalized spacial score (nSPS) is 11.6. The number of hydrogen-bond donors (Lipinski definition) is 2. The highest BCUT2D eigenvalue weighted by atomic mass is 35.5. The molecule has 0 aliphatic carbocycles. The summed E-state index contributed by atoms with van der Waals surface area (Å²) in [7, 11) is 0. The van der Waals surface area contributed by atoms with Crippen LogP contribution in [0, 0.1) is 12.7 Å². The van der Waals surface area contributed by atoms with E-state index in [9.17, 15) is 9.18 Å². The lowest BCUT2D eigenvalue weighted by molar-refractivity contribution is -0.140. The molecular formula is C20H22ClFN2O2S. The minimum atomic E-state index is -0.362. The molecule has 1 unspecified atom stereocenters. The lowest BCUT2D eigenvalue weighted by Crippen LogP contribution is -2.40. The number of hydrogen-bond acceptors (Lipinski definition) is 3. The van der Waals surface area contributed by atoms with Crippen LogP contribution in [0.1, 0.15) is 29.7 Å². The van der Waals surface area contributed by atoms with E-state index in [0.29, 0.717) is 28.7 Å². The van der Waals surface area contributed by atoms with Crippen molar-refractivity contribution in [2.45, 2.75) is 26.3 Å². The predicted octanol–water partition coefficient (Wildman–Crippen LogP) is 4.10. The molecule has 0 radical (unpaired) electrons. The molecule has 4 nitrogen and oxygen atoms in total. The number of carbonyl (C=O) groups excluding carboxylic acids is 1. The van der Waals surface area contributed by atoms with Gasteiger partial charge in [-0.3, -0.25) is 4.79 Å². The Morgan fingerprint density at radius 2 is 2.07 bits per heavy atom. The highest BCUT2D eigenvalue weighted by molar-refractivity contribution is 7.80. The van der Waals surface area contributed by atoms with E-state index in [4.69, 9.17) is 28.6 Å². The van der Waals surface area contributed by atoms with Crippen molar-refractivity contribution in [3.63, 3.8) is 0 Å². The first-order valence-electron chi connectivity index (χ1n) is 8.53. The van der Waals surface area contributed by atoms with Crippen molar-refractivity contribution in [2.24, 2.45) is 0 Å². The first kappa shape index (κ1) is 21.1. The standard InChI is InChI=1S/C20H22ClFN2O2S/c1-13-4-3-5-15(10-13)11-19(17-12-16(22)6-7-18(17)21)24-20(27)23-8-9-26-14(2)25/h3-7,10,12,19H,8-9,11H2,1-2H3,(H2,23,24,27). The molecule has 0 spiro atoms. The molecule has 0 bridgehead atoms. The lowest BCUT2D eigenvalue weighted by Gasteiger charge is -2.23. The number of carbonyl (C=O) groups is 1. The van der Waals surface area contributed by atoms with Crippen molar-refractivity contribution in [1.29, 1.82) is 0 Å². The first-order valence-corrected chi connectivity index (χ1v) is 9.32. The van der Waals surface area contributed by atoms with Gasteiger partial charge in [-0.15, -0.1) is 0 Å². The van der Waals surface area contributed by atoms with Gasteiger partial charge in [-0.2, -0.15) is 0 Å². The molecule has 2 aromatic carbocycles. The molecule has 2 rings (SSSR count). The molecule has 0 aromatic heterocycles. The molecule has 27 heavy (non-hydrogen) atoms. The fraction of sp³-hybridized carbons (Fsp3) is 0.300. The third-order valence-corrected chi connectivity index (χ3v) is 4.46. The van der Waals surface area contributed by atoms with E-state index in [1.165, 1.54) is 25.1 Å². The highest BCUT2D eigenvalue weighted by Gasteiger charge is 2.18. The number of halogens is 2. The second kappa shape index (κ2) is 10.2. The average Bonchev–Trinajstić information content (AvgIpc) is 2.60. The van der Waals surface area contributed by atoms with Gasteiger partial charge in [0.1, 0.15) is 12.4 Å². The molecular weight excluding hydrogens is 387 g/mol. The molecule has 0 heterocycles. The predicted molar refractivity (Wildman–Crippen MR) is 109 cm³/mol. The zero-order valence-electron chi connectivity index (χ0n) is 15.2. The minimum absolute atomic E-state index is 0.209. The summed E-state index contributed by atoms with van der Waals surface area (Å²) in [6, 6.07) is 12.0. The van der Waals surface area contributed by atoms with Gasteiger partial charge in [0.15, 0.2) is 5.11 Å². The van der Waals surface area contributed by atoms with Gasteiger partial charge in [0.25, 0.3) is 0 Å². The maximum Gasteiger partial charge on any atom is 0.302 e. The van der Waals surface area contributed by atoms with Crippen LogP contribution in [-0.2, 0) is 16.0 Å². The molecule has 0 aliphatic rings. The topological polar surface area (TPSA) is 50.4 Å². The SMILES string of the molecule is CC(=O)OCCNC(=S)NC(Cc1cccc(C)c1)c1cc(F)ccc1Cl. The maximum absolute atomic E-state index is 13.8. The third-order valence-electron chi connectivity index (χ3n) is 3.85. The zero-order valence-corrected chi connectivity index (χ0v) is 16.8. The van der Waals surface area contributed by atoms with E-state index in [0.717, 1.165) is 11.1 Å². The van der Waals surface area contributed by atoms with Crippen LogP contribution >= 0.6 is 23.8 Å². The van der Waals surface area contributed by atoms with Gasteiger partial charge < -0.3 is 15.4 Å². The van der Waals surface area contributed by atoms with Crippen LogP contribution in [0.3, 0.4) is 0 Å². The van der Waals surface area contributed by atoms with Crippen molar-refractivity contribution in [3.05, 3.63) is 70.0 Å². The molecule has 7 heteroatoms. The van der Waals surface area contributed by atoms with E-state index in [1.807, 2.05) is 25.1 Å². The molecule has 0 aliphatic heterocycles. The van der Waals surface area contributed by atoms with Gasteiger partial charge in [-0.05, 0) is 54.9 Å². The quantitative estimate of drug-likeness (QED) is 0.410. The minimum Gasteiger partial charge on any atom is -0.464 e. The number of aryl methyl sites for hydroxylation is 1. The van der Waals surface area contributed by atoms with Crippen LogP contribution in [-0.4, -0.2) is 24.2 Å². The smallest absolute Gasteiger partial charge is 0.302 e. The van der Waals surface area contributed by atoms with Crippen LogP contribution in [0.15, 0.2) is 42.5 Å². The van der Waals surface area contributed by atoms with Crippen LogP contribution in [0.5, 0.6) is 0 Å². The molecule has 1 atom stereocenters. The van der Waals surface area contributed by atoms with Crippen molar-refractivity contribution < 1.29 is 13.9 Å². The second-order valence-electron chi connectivity index (χ2n) is 6.15. The summed E-state index contributed by atoms with van der Waals surface area (Å²) in [5.74, 6) is -0.710. The summed E-state index contributed by atoms with van der Waals surface area (Å²) in [6.45, 7) is 3.95. The maximum atomic E-state index is 13.8. The molecule has 0 amide bonds. The monoisotopic (exact) mass is 408 g/mol. The molecule has 2 N–H and O–H groups in total. The summed E-state index contributed by atoms with van der Waals surface area (Å²) in [5, 5.41) is 7.00. The lowest BCUT2D eigenvalue weighted by atomic mass is 9.97. The summed E-state index contributed by atoms with van der Waals surface area (Å²) in [6.07, 6.45) is 0.580. The van der Waals surface area contributed by atoms with E-state index < -0.39 is 0 Å². The number of rotatable bonds is 7. The largest absolute Gasteiger partial charge is 0.464 e. The van der Waals surface area contributed by atoms with Crippen LogP contribution in [0.25, 0.3) is 0 Å². The second-order valence-corrected chi connectivity index (χ2v) is 6.97. The molecule has 144 valence electrons. The van der Waals surface area contributed by atoms with E-state index in [1.54, 1.807) is 0 Å². The Hall–Kier alpha value is -2.18. The van der Waals surface area contributed by atoms with Crippen molar-refractivity contribution in [1.82, 2.24) is 10.6 Å². The number of ether oxygens (including phenoxy) is 1. The Morgan fingerprint density at radius 3 is 2.78 bits per heavy atom. The summed E-state index contributed by atoms with van der Waals surface area (Å²) in [4.78, 5) is 10.8. The van der Waals surface area contributed by atoms with Crippen molar-refractivity contribution >= 4 is 34.9 Å². The molecule has 2 aromatic rings. The Morgan fingerprint density at radius 1 is 1.30 bits per heavy atom. The van der Waals surface area contributed by atoms with E-state index in [2.05, 4.69) is 16.7 Å². The summed E-state index contributed by atoms with van der Waals surface area (Å²) in [5.41, 5.74) is 2.84. The van der Waals surface area contributed by atoms with E-state index in [-0.39, 0.29) is 24.4 Å². The van der Waals surface area contributed by atoms with Gasteiger partial charge in [0.2, 0.25) is 0 Å². The molecule has 0 saturated heterocycles. The number of thiocarbonyl (C=S) groups is 1. The number of nitrogens with one attached hydrogen (secondary N) is 2. The van der Waals surface area contributed by atoms with Crippen LogP contribution in [0.4, 0.5) is 4.39 Å².